The topological polar surface area (TPSA) is 30.0 Å². The van der Waals surface area contributed by atoms with Crippen LogP contribution in [-0.2, 0) is 16.6 Å². The highest BCUT2D eigenvalue weighted by molar-refractivity contribution is 7.84. The fourth-order valence-electron chi connectivity index (χ4n) is 2.91. The van der Waals surface area contributed by atoms with Crippen LogP contribution in [0.25, 0.3) is 0 Å². The molecule has 1 atom stereocenters. The Morgan fingerprint density at radius 2 is 1.54 bits per heavy atom. The molecule has 1 unspecified atom stereocenters. The lowest BCUT2D eigenvalue weighted by molar-refractivity contribution is 0.677. The Balaban J connectivity index is 1.63. The second-order valence-corrected chi connectivity index (χ2v) is 9.74. The van der Waals surface area contributed by atoms with Gasteiger partial charge in [-0.25, -0.2) is 4.98 Å². The van der Waals surface area contributed by atoms with Crippen molar-refractivity contribution in [3.05, 3.63) is 85.8 Å². The Hall–Kier alpha value is -1.20. The lowest BCUT2D eigenvalue weighted by Gasteiger charge is -2.17. The van der Waals surface area contributed by atoms with Crippen molar-refractivity contribution in [2.45, 2.75) is 29.8 Å². The fraction of sp³-hybridized carbons (Fsp3) is 0.250. The highest BCUT2D eigenvalue weighted by atomic mass is 35.5. The first-order chi connectivity index (χ1) is 12.6. The summed E-state index contributed by atoms with van der Waals surface area (Å²) in [5, 5.41) is 4.33. The maximum absolute atomic E-state index is 13.3. The van der Waals surface area contributed by atoms with Crippen LogP contribution in [-0.4, -0.2) is 9.19 Å². The molecule has 1 aliphatic carbocycles. The third-order valence-electron chi connectivity index (χ3n) is 4.39. The fourth-order valence-corrected chi connectivity index (χ4v) is 5.78. The number of benzene rings is 2. The van der Waals surface area contributed by atoms with E-state index in [9.17, 15) is 4.21 Å². The Morgan fingerprint density at radius 1 is 1.00 bits per heavy atom. The van der Waals surface area contributed by atoms with Gasteiger partial charge in [0.05, 0.1) is 21.7 Å². The van der Waals surface area contributed by atoms with Crippen LogP contribution in [0.15, 0.2) is 53.9 Å². The van der Waals surface area contributed by atoms with Crippen molar-refractivity contribution in [1.82, 2.24) is 4.98 Å². The first kappa shape index (κ1) is 18.2. The number of aromatic nitrogens is 1. The normalized spacial score (nSPS) is 15.3. The van der Waals surface area contributed by atoms with Crippen molar-refractivity contribution >= 4 is 45.3 Å². The largest absolute Gasteiger partial charge is 0.258 e. The molecule has 134 valence electrons. The zero-order valence-electron chi connectivity index (χ0n) is 13.9. The van der Waals surface area contributed by atoms with Gasteiger partial charge in [0.15, 0.2) is 0 Å². The number of thiazole rings is 1. The van der Waals surface area contributed by atoms with Gasteiger partial charge in [0.25, 0.3) is 0 Å². The van der Waals surface area contributed by atoms with Crippen LogP contribution in [0.5, 0.6) is 0 Å². The summed E-state index contributed by atoms with van der Waals surface area (Å²) in [6, 6.07) is 15.1. The molecule has 0 aliphatic heterocycles. The van der Waals surface area contributed by atoms with E-state index in [2.05, 4.69) is 0 Å². The van der Waals surface area contributed by atoms with Gasteiger partial charge in [-0.1, -0.05) is 47.5 Å². The van der Waals surface area contributed by atoms with Gasteiger partial charge >= 0.3 is 0 Å². The number of hydrogen-bond acceptors (Lipinski definition) is 3. The zero-order valence-corrected chi connectivity index (χ0v) is 17.0. The standard InChI is InChI=1S/C20H17Cl2NOS2/c21-16-7-3-13(4-8-16)19(14-5-9-17(22)10-6-14)26(24)12-18-11-25-20(23-18)15-1-2-15/h3-11,15,19H,1-2,12H2. The molecule has 0 radical (unpaired) electrons. The minimum absolute atomic E-state index is 0.240. The summed E-state index contributed by atoms with van der Waals surface area (Å²) in [6.45, 7) is 0. The van der Waals surface area contributed by atoms with E-state index in [1.807, 2.05) is 53.9 Å². The summed E-state index contributed by atoms with van der Waals surface area (Å²) in [7, 11) is -1.15. The molecule has 6 heteroatoms. The molecule has 1 fully saturated rings. The predicted molar refractivity (Wildman–Crippen MR) is 111 cm³/mol. The van der Waals surface area contributed by atoms with E-state index in [0.29, 0.717) is 21.7 Å². The summed E-state index contributed by atoms with van der Waals surface area (Å²) >= 11 is 13.7. The highest BCUT2D eigenvalue weighted by Crippen LogP contribution is 2.41. The number of halogens is 2. The van der Waals surface area contributed by atoms with E-state index in [-0.39, 0.29) is 5.25 Å². The molecule has 2 aromatic carbocycles. The van der Waals surface area contributed by atoms with Crippen LogP contribution in [0, 0.1) is 0 Å². The summed E-state index contributed by atoms with van der Waals surface area (Å²) in [5.74, 6) is 1.07. The molecule has 0 spiro atoms. The van der Waals surface area contributed by atoms with Crippen LogP contribution in [0.3, 0.4) is 0 Å². The van der Waals surface area contributed by atoms with Crippen molar-refractivity contribution in [2.75, 3.05) is 0 Å². The summed E-state index contributed by atoms with van der Waals surface area (Å²) < 4.78 is 13.3. The van der Waals surface area contributed by atoms with Gasteiger partial charge in [-0.2, -0.15) is 0 Å². The molecule has 0 amide bonds. The second kappa shape index (κ2) is 7.81. The lowest BCUT2D eigenvalue weighted by Crippen LogP contribution is -2.11. The number of nitrogens with zero attached hydrogens (tertiary/aromatic N) is 1. The first-order valence-electron chi connectivity index (χ1n) is 8.42. The van der Waals surface area contributed by atoms with Gasteiger partial charge in [0.1, 0.15) is 0 Å². The van der Waals surface area contributed by atoms with Gasteiger partial charge in [0.2, 0.25) is 0 Å². The van der Waals surface area contributed by atoms with Gasteiger partial charge in [0, 0.05) is 32.1 Å². The minimum Gasteiger partial charge on any atom is -0.258 e. The molecule has 3 aromatic rings. The van der Waals surface area contributed by atoms with Crippen LogP contribution < -0.4 is 0 Å². The van der Waals surface area contributed by atoms with E-state index in [0.717, 1.165) is 16.8 Å². The minimum atomic E-state index is -1.15. The Kier molecular flexibility index (Phi) is 5.46. The Labute approximate surface area is 169 Å². The molecular formula is C20H17Cl2NOS2. The molecule has 1 aliphatic rings. The lowest BCUT2D eigenvalue weighted by atomic mass is 10.0. The van der Waals surface area contributed by atoms with Gasteiger partial charge in [-0.05, 0) is 48.2 Å². The molecule has 1 aromatic heterocycles. The van der Waals surface area contributed by atoms with E-state index in [1.54, 1.807) is 11.3 Å². The smallest absolute Gasteiger partial charge is 0.0959 e. The quantitative estimate of drug-likeness (QED) is 0.462. The van der Waals surface area contributed by atoms with Gasteiger partial charge in [-0.15, -0.1) is 11.3 Å². The van der Waals surface area contributed by atoms with Gasteiger partial charge in [-0.3, -0.25) is 4.21 Å². The molecular weight excluding hydrogens is 405 g/mol. The predicted octanol–water partition coefficient (Wildman–Crippen LogP) is 6.37. The average molecular weight is 422 g/mol. The second-order valence-electron chi connectivity index (χ2n) is 6.46. The van der Waals surface area contributed by atoms with Gasteiger partial charge < -0.3 is 0 Å². The molecule has 0 saturated heterocycles. The molecule has 2 nitrogen and oxygen atoms in total. The van der Waals surface area contributed by atoms with Crippen LogP contribution in [0.4, 0.5) is 0 Å². The molecule has 1 heterocycles. The van der Waals surface area contributed by atoms with E-state index < -0.39 is 10.8 Å². The van der Waals surface area contributed by atoms with E-state index in [1.165, 1.54) is 17.8 Å². The van der Waals surface area contributed by atoms with Crippen LogP contribution >= 0.6 is 34.5 Å². The first-order valence-corrected chi connectivity index (χ1v) is 11.4. The maximum atomic E-state index is 13.3. The van der Waals surface area contributed by atoms with Crippen molar-refractivity contribution in [1.29, 1.82) is 0 Å². The van der Waals surface area contributed by atoms with E-state index >= 15 is 0 Å². The molecule has 4 rings (SSSR count). The zero-order chi connectivity index (χ0) is 18.1. The maximum Gasteiger partial charge on any atom is 0.0959 e. The number of rotatable bonds is 6. The van der Waals surface area contributed by atoms with Crippen molar-refractivity contribution < 1.29 is 4.21 Å². The monoisotopic (exact) mass is 421 g/mol. The van der Waals surface area contributed by atoms with Crippen molar-refractivity contribution in [3.8, 4) is 0 Å². The molecule has 0 N–H and O–H groups in total. The average Bonchev–Trinajstić information content (AvgIpc) is 3.38. The molecule has 1 saturated carbocycles. The van der Waals surface area contributed by atoms with Crippen molar-refractivity contribution in [3.63, 3.8) is 0 Å². The summed E-state index contributed by atoms with van der Waals surface area (Å²) in [4.78, 5) is 4.69. The summed E-state index contributed by atoms with van der Waals surface area (Å²) in [6.07, 6.45) is 2.46. The summed E-state index contributed by atoms with van der Waals surface area (Å²) in [5.41, 5.74) is 2.88. The highest BCUT2D eigenvalue weighted by Gasteiger charge is 2.28. The van der Waals surface area contributed by atoms with E-state index in [4.69, 9.17) is 28.2 Å². The molecule has 0 bridgehead atoms. The Morgan fingerprint density at radius 3 is 2.04 bits per heavy atom. The number of hydrogen-bond donors (Lipinski definition) is 0. The molecule has 26 heavy (non-hydrogen) atoms. The van der Waals surface area contributed by atoms with Crippen LogP contribution in [0.1, 0.15) is 45.8 Å². The third-order valence-corrected chi connectivity index (χ3v) is 7.61. The Bertz CT molecular complexity index is 872. The third kappa shape index (κ3) is 4.20. The van der Waals surface area contributed by atoms with Crippen molar-refractivity contribution in [2.24, 2.45) is 0 Å². The van der Waals surface area contributed by atoms with Crippen LogP contribution in [0.2, 0.25) is 10.0 Å². The SMILES string of the molecule is O=S(Cc1csc(C2CC2)n1)C(c1ccc(Cl)cc1)c1ccc(Cl)cc1.